The normalized spacial score (nSPS) is 13.9. The number of rotatable bonds is 4. The van der Waals surface area contributed by atoms with E-state index in [9.17, 15) is 0 Å². The van der Waals surface area contributed by atoms with Crippen LogP contribution in [0.5, 0.6) is 5.75 Å². The molecule has 0 aliphatic heterocycles. The molecule has 0 bridgehead atoms. The fourth-order valence-corrected chi connectivity index (χ4v) is 2.05. The van der Waals surface area contributed by atoms with Crippen LogP contribution in [0.4, 0.5) is 0 Å². The SMILES string of the molecule is COc1ccc2c(c1)CC(CCN(C)C)=C2. The zero-order valence-electron chi connectivity index (χ0n) is 10.3. The van der Waals surface area contributed by atoms with Gasteiger partial charge in [-0.3, -0.25) is 0 Å². The zero-order chi connectivity index (χ0) is 11.5. The highest BCUT2D eigenvalue weighted by molar-refractivity contribution is 5.64. The summed E-state index contributed by atoms with van der Waals surface area (Å²) < 4.78 is 5.24. The van der Waals surface area contributed by atoms with E-state index >= 15 is 0 Å². The lowest BCUT2D eigenvalue weighted by Gasteiger charge is -2.09. The van der Waals surface area contributed by atoms with Gasteiger partial charge in [0.1, 0.15) is 5.75 Å². The van der Waals surface area contributed by atoms with Crippen LogP contribution < -0.4 is 4.74 Å². The first-order valence-corrected chi connectivity index (χ1v) is 5.70. The van der Waals surface area contributed by atoms with Crippen LogP contribution in [-0.4, -0.2) is 32.6 Å². The van der Waals surface area contributed by atoms with E-state index in [2.05, 4.69) is 37.2 Å². The summed E-state index contributed by atoms with van der Waals surface area (Å²) in [4.78, 5) is 2.23. The maximum Gasteiger partial charge on any atom is 0.119 e. The maximum atomic E-state index is 5.24. The van der Waals surface area contributed by atoms with E-state index in [-0.39, 0.29) is 0 Å². The number of hydrogen-bond acceptors (Lipinski definition) is 2. The molecule has 0 radical (unpaired) electrons. The van der Waals surface area contributed by atoms with Crippen molar-refractivity contribution >= 4 is 6.08 Å². The lowest BCUT2D eigenvalue weighted by molar-refractivity contribution is 0.412. The van der Waals surface area contributed by atoms with E-state index in [0.717, 1.165) is 25.1 Å². The van der Waals surface area contributed by atoms with Crippen LogP contribution in [0.15, 0.2) is 23.8 Å². The molecule has 2 nitrogen and oxygen atoms in total. The Labute approximate surface area is 97.5 Å². The molecule has 86 valence electrons. The van der Waals surface area contributed by atoms with E-state index in [4.69, 9.17) is 4.74 Å². The van der Waals surface area contributed by atoms with Crippen molar-refractivity contribution in [3.63, 3.8) is 0 Å². The van der Waals surface area contributed by atoms with Crippen LogP contribution in [0, 0.1) is 0 Å². The second kappa shape index (κ2) is 4.71. The Morgan fingerprint density at radius 2 is 2.12 bits per heavy atom. The molecule has 0 aromatic heterocycles. The standard InChI is InChI=1S/C14H19NO/c1-15(2)7-6-11-8-12-4-5-14(16-3)10-13(12)9-11/h4-5,8,10H,6-7,9H2,1-3H3. The molecule has 2 heteroatoms. The van der Waals surface area contributed by atoms with E-state index < -0.39 is 0 Å². The number of ether oxygens (including phenoxy) is 1. The van der Waals surface area contributed by atoms with Crippen molar-refractivity contribution < 1.29 is 4.74 Å². The topological polar surface area (TPSA) is 12.5 Å². The highest BCUT2D eigenvalue weighted by Crippen LogP contribution is 2.29. The molecular formula is C14H19NO. The van der Waals surface area contributed by atoms with Crippen LogP contribution in [0.3, 0.4) is 0 Å². The van der Waals surface area contributed by atoms with Gasteiger partial charge in [0, 0.05) is 6.54 Å². The minimum atomic E-state index is 0.959. The van der Waals surface area contributed by atoms with Gasteiger partial charge in [-0.2, -0.15) is 0 Å². The zero-order valence-corrected chi connectivity index (χ0v) is 10.3. The van der Waals surface area contributed by atoms with Crippen molar-refractivity contribution in [2.45, 2.75) is 12.8 Å². The fraction of sp³-hybridized carbons (Fsp3) is 0.429. The second-order valence-corrected chi connectivity index (χ2v) is 4.60. The second-order valence-electron chi connectivity index (χ2n) is 4.60. The number of fused-ring (bicyclic) bond motifs is 1. The maximum absolute atomic E-state index is 5.24. The minimum absolute atomic E-state index is 0.959. The molecule has 1 aromatic carbocycles. The molecular weight excluding hydrogens is 198 g/mol. The fourth-order valence-electron chi connectivity index (χ4n) is 2.05. The number of benzene rings is 1. The Morgan fingerprint density at radius 1 is 1.31 bits per heavy atom. The van der Waals surface area contributed by atoms with Crippen molar-refractivity contribution in [2.24, 2.45) is 0 Å². The molecule has 0 spiro atoms. The highest BCUT2D eigenvalue weighted by Gasteiger charge is 2.13. The molecule has 0 N–H and O–H groups in total. The van der Waals surface area contributed by atoms with Gasteiger partial charge < -0.3 is 9.64 Å². The summed E-state index contributed by atoms with van der Waals surface area (Å²) in [6, 6.07) is 6.33. The third-order valence-electron chi connectivity index (χ3n) is 3.01. The van der Waals surface area contributed by atoms with Crippen LogP contribution in [0.1, 0.15) is 17.5 Å². The minimum Gasteiger partial charge on any atom is -0.497 e. The van der Waals surface area contributed by atoms with Gasteiger partial charge >= 0.3 is 0 Å². The molecule has 0 amide bonds. The Bertz CT molecular complexity index is 407. The Kier molecular flexibility index (Phi) is 3.30. The summed E-state index contributed by atoms with van der Waals surface area (Å²) in [5.41, 5.74) is 4.28. The van der Waals surface area contributed by atoms with Gasteiger partial charge in [0.05, 0.1) is 7.11 Å². The van der Waals surface area contributed by atoms with Gasteiger partial charge in [-0.15, -0.1) is 0 Å². The summed E-state index contributed by atoms with van der Waals surface area (Å²) >= 11 is 0. The van der Waals surface area contributed by atoms with Crippen LogP contribution in [0.25, 0.3) is 6.08 Å². The lowest BCUT2D eigenvalue weighted by Crippen LogP contribution is -2.13. The van der Waals surface area contributed by atoms with Gasteiger partial charge in [0.2, 0.25) is 0 Å². The van der Waals surface area contributed by atoms with Gasteiger partial charge in [-0.25, -0.2) is 0 Å². The summed E-state index contributed by atoms with van der Waals surface area (Å²) in [5.74, 6) is 0.959. The molecule has 1 aliphatic rings. The molecule has 0 saturated heterocycles. The summed E-state index contributed by atoms with van der Waals surface area (Å²) in [6.07, 6.45) is 4.56. The monoisotopic (exact) mass is 217 g/mol. The van der Waals surface area contributed by atoms with E-state index in [0.29, 0.717) is 0 Å². The molecule has 2 rings (SSSR count). The average molecular weight is 217 g/mol. The Morgan fingerprint density at radius 3 is 2.81 bits per heavy atom. The van der Waals surface area contributed by atoms with Crippen LogP contribution in [-0.2, 0) is 6.42 Å². The third-order valence-corrected chi connectivity index (χ3v) is 3.01. The van der Waals surface area contributed by atoms with E-state index in [1.54, 1.807) is 7.11 Å². The van der Waals surface area contributed by atoms with Crippen molar-refractivity contribution in [3.8, 4) is 5.75 Å². The van der Waals surface area contributed by atoms with Crippen molar-refractivity contribution in [2.75, 3.05) is 27.7 Å². The van der Waals surface area contributed by atoms with Crippen molar-refractivity contribution in [3.05, 3.63) is 34.9 Å². The molecule has 0 unspecified atom stereocenters. The number of hydrogen-bond donors (Lipinski definition) is 0. The van der Waals surface area contributed by atoms with E-state index in [1.165, 1.54) is 16.7 Å². The smallest absolute Gasteiger partial charge is 0.119 e. The van der Waals surface area contributed by atoms with E-state index in [1.807, 2.05) is 6.07 Å². The van der Waals surface area contributed by atoms with Crippen LogP contribution in [0.2, 0.25) is 0 Å². The molecule has 16 heavy (non-hydrogen) atoms. The molecule has 0 atom stereocenters. The summed E-state index contributed by atoms with van der Waals surface area (Å²) in [7, 11) is 5.95. The molecule has 1 aromatic rings. The van der Waals surface area contributed by atoms with Crippen molar-refractivity contribution in [1.29, 1.82) is 0 Å². The van der Waals surface area contributed by atoms with Gasteiger partial charge in [-0.05, 0) is 50.2 Å². The molecule has 0 saturated carbocycles. The van der Waals surface area contributed by atoms with Gasteiger partial charge in [0.25, 0.3) is 0 Å². The predicted molar refractivity (Wildman–Crippen MR) is 67.8 cm³/mol. The largest absolute Gasteiger partial charge is 0.497 e. The third kappa shape index (κ3) is 2.45. The van der Waals surface area contributed by atoms with Crippen molar-refractivity contribution in [1.82, 2.24) is 4.90 Å². The Hall–Kier alpha value is -1.28. The Balaban J connectivity index is 2.05. The first-order valence-electron chi connectivity index (χ1n) is 5.70. The average Bonchev–Trinajstić information content (AvgIpc) is 2.67. The van der Waals surface area contributed by atoms with Gasteiger partial charge in [0.15, 0.2) is 0 Å². The predicted octanol–water partition coefficient (Wildman–Crippen LogP) is 2.59. The quantitative estimate of drug-likeness (QED) is 0.768. The first kappa shape index (κ1) is 11.2. The molecule has 0 fully saturated rings. The first-order chi connectivity index (χ1) is 7.69. The molecule has 0 heterocycles. The number of nitrogens with zero attached hydrogens (tertiary/aromatic N) is 1. The summed E-state index contributed by atoms with van der Waals surface area (Å²) in [6.45, 7) is 1.12. The van der Waals surface area contributed by atoms with Gasteiger partial charge in [-0.1, -0.05) is 17.7 Å². The lowest BCUT2D eigenvalue weighted by atomic mass is 10.1. The van der Waals surface area contributed by atoms with Crippen LogP contribution >= 0.6 is 0 Å². The number of methoxy groups -OCH3 is 1. The summed E-state index contributed by atoms with van der Waals surface area (Å²) in [5, 5.41) is 0. The molecule has 1 aliphatic carbocycles. The highest BCUT2D eigenvalue weighted by atomic mass is 16.5.